The summed E-state index contributed by atoms with van der Waals surface area (Å²) in [4.78, 5) is 15.2. The van der Waals surface area contributed by atoms with Crippen LogP contribution in [0.15, 0.2) is 39.7 Å². The van der Waals surface area contributed by atoms with Gasteiger partial charge in [-0.05, 0) is 33.6 Å². The highest BCUT2D eigenvalue weighted by Crippen LogP contribution is 2.13. The maximum Gasteiger partial charge on any atom is 0.349 e. The highest BCUT2D eigenvalue weighted by Gasteiger charge is 2.04. The molecule has 2 N–H and O–H groups in total. The Balaban J connectivity index is 2.33. The minimum Gasteiger partial charge on any atom is -0.383 e. The molecule has 0 fully saturated rings. The van der Waals surface area contributed by atoms with Crippen molar-refractivity contribution in [3.8, 4) is 0 Å². The third-order valence-corrected chi connectivity index (χ3v) is 2.85. The first-order chi connectivity index (χ1) is 8.06. The molecule has 0 aliphatic rings. The lowest BCUT2D eigenvalue weighted by atomic mass is 10.2. The Labute approximate surface area is 105 Å². The second-order valence-electron chi connectivity index (χ2n) is 3.51. The van der Waals surface area contributed by atoms with E-state index in [0.717, 1.165) is 5.56 Å². The van der Waals surface area contributed by atoms with Crippen molar-refractivity contribution in [3.63, 3.8) is 0 Å². The standard InChI is InChI=1S/C11H9BrFN3O/c12-9-6-16(11(17)15-10(9)14)5-7-1-3-8(13)4-2-7/h1-4,6H,5H2,(H2,14,15,17). The fraction of sp³-hybridized carbons (Fsp3) is 0.0909. The Morgan fingerprint density at radius 2 is 2.00 bits per heavy atom. The minimum absolute atomic E-state index is 0.158. The summed E-state index contributed by atoms with van der Waals surface area (Å²) >= 11 is 3.20. The molecule has 1 aromatic carbocycles. The normalized spacial score (nSPS) is 10.5. The van der Waals surface area contributed by atoms with Crippen LogP contribution in [-0.4, -0.2) is 9.55 Å². The van der Waals surface area contributed by atoms with E-state index in [2.05, 4.69) is 20.9 Å². The Hall–Kier alpha value is -1.69. The number of hydrogen-bond acceptors (Lipinski definition) is 3. The van der Waals surface area contributed by atoms with Crippen molar-refractivity contribution >= 4 is 21.7 Å². The molecular formula is C11H9BrFN3O. The molecule has 0 saturated carbocycles. The average Bonchev–Trinajstić information content (AvgIpc) is 2.29. The summed E-state index contributed by atoms with van der Waals surface area (Å²) in [6, 6.07) is 5.93. The second-order valence-corrected chi connectivity index (χ2v) is 4.37. The van der Waals surface area contributed by atoms with Gasteiger partial charge in [0, 0.05) is 6.20 Å². The molecule has 4 nitrogen and oxygen atoms in total. The molecule has 88 valence electrons. The van der Waals surface area contributed by atoms with Gasteiger partial charge in [-0.2, -0.15) is 4.98 Å². The molecule has 0 atom stereocenters. The number of rotatable bonds is 2. The van der Waals surface area contributed by atoms with E-state index in [4.69, 9.17) is 5.73 Å². The summed E-state index contributed by atoms with van der Waals surface area (Å²) in [5.41, 5.74) is 5.86. The van der Waals surface area contributed by atoms with Gasteiger partial charge in [-0.1, -0.05) is 12.1 Å². The zero-order valence-corrected chi connectivity index (χ0v) is 10.3. The molecule has 0 radical (unpaired) electrons. The molecule has 0 bridgehead atoms. The van der Waals surface area contributed by atoms with E-state index in [1.165, 1.54) is 16.7 Å². The Morgan fingerprint density at radius 3 is 2.65 bits per heavy atom. The number of halogens is 2. The van der Waals surface area contributed by atoms with Gasteiger partial charge in [-0.25, -0.2) is 9.18 Å². The average molecular weight is 298 g/mol. The Morgan fingerprint density at radius 1 is 1.35 bits per heavy atom. The molecule has 1 heterocycles. The smallest absolute Gasteiger partial charge is 0.349 e. The van der Waals surface area contributed by atoms with Crippen molar-refractivity contribution in [1.29, 1.82) is 0 Å². The molecule has 2 rings (SSSR count). The summed E-state index contributed by atoms with van der Waals surface area (Å²) in [5.74, 6) is -0.150. The summed E-state index contributed by atoms with van der Waals surface area (Å²) < 4.78 is 14.7. The van der Waals surface area contributed by atoms with E-state index in [0.29, 0.717) is 11.0 Å². The van der Waals surface area contributed by atoms with Crippen molar-refractivity contribution in [3.05, 3.63) is 56.8 Å². The molecule has 1 aromatic heterocycles. The summed E-state index contributed by atoms with van der Waals surface area (Å²) in [7, 11) is 0. The van der Waals surface area contributed by atoms with Crippen LogP contribution in [0.3, 0.4) is 0 Å². The lowest BCUT2D eigenvalue weighted by molar-refractivity contribution is 0.625. The molecule has 17 heavy (non-hydrogen) atoms. The van der Waals surface area contributed by atoms with Crippen LogP contribution in [0, 0.1) is 5.82 Å². The van der Waals surface area contributed by atoms with Gasteiger partial charge >= 0.3 is 5.69 Å². The van der Waals surface area contributed by atoms with Gasteiger partial charge in [0.25, 0.3) is 0 Å². The maximum absolute atomic E-state index is 12.7. The van der Waals surface area contributed by atoms with E-state index in [-0.39, 0.29) is 11.6 Å². The molecule has 0 aliphatic heterocycles. The largest absolute Gasteiger partial charge is 0.383 e. The van der Waals surface area contributed by atoms with Crippen LogP contribution in [0.5, 0.6) is 0 Å². The predicted molar refractivity (Wildman–Crippen MR) is 66.1 cm³/mol. The highest BCUT2D eigenvalue weighted by atomic mass is 79.9. The summed E-state index contributed by atoms with van der Waals surface area (Å²) in [6.45, 7) is 0.324. The van der Waals surface area contributed by atoms with Crippen molar-refractivity contribution in [2.45, 2.75) is 6.54 Å². The van der Waals surface area contributed by atoms with Crippen molar-refractivity contribution in [2.24, 2.45) is 0 Å². The van der Waals surface area contributed by atoms with Crippen LogP contribution < -0.4 is 11.4 Å². The number of nitrogens with zero attached hydrogens (tertiary/aromatic N) is 2. The molecule has 0 saturated heterocycles. The van der Waals surface area contributed by atoms with Crippen molar-refractivity contribution in [2.75, 3.05) is 5.73 Å². The number of hydrogen-bond donors (Lipinski definition) is 1. The third-order valence-electron chi connectivity index (χ3n) is 2.24. The molecule has 0 amide bonds. The first kappa shape index (κ1) is 11.8. The lowest BCUT2D eigenvalue weighted by Crippen LogP contribution is -2.24. The molecular weight excluding hydrogens is 289 g/mol. The Bertz CT molecular complexity index is 595. The van der Waals surface area contributed by atoms with E-state index in [1.807, 2.05) is 0 Å². The first-order valence-corrected chi connectivity index (χ1v) is 5.62. The van der Waals surface area contributed by atoms with Gasteiger partial charge in [0.2, 0.25) is 0 Å². The number of nitrogen functional groups attached to an aromatic ring is 1. The van der Waals surface area contributed by atoms with Crippen LogP contribution in [0.25, 0.3) is 0 Å². The molecule has 6 heteroatoms. The fourth-order valence-corrected chi connectivity index (χ4v) is 1.71. The molecule has 0 unspecified atom stereocenters. The quantitative estimate of drug-likeness (QED) is 0.919. The SMILES string of the molecule is Nc1nc(=O)n(Cc2ccc(F)cc2)cc1Br. The van der Waals surface area contributed by atoms with Crippen molar-refractivity contribution < 1.29 is 4.39 Å². The van der Waals surface area contributed by atoms with Gasteiger partial charge in [-0.3, -0.25) is 4.57 Å². The van der Waals surface area contributed by atoms with Crippen LogP contribution in [0.2, 0.25) is 0 Å². The number of benzene rings is 1. The molecule has 0 aliphatic carbocycles. The summed E-state index contributed by atoms with van der Waals surface area (Å²) in [6.07, 6.45) is 1.56. The monoisotopic (exact) mass is 297 g/mol. The second kappa shape index (κ2) is 4.67. The zero-order valence-electron chi connectivity index (χ0n) is 8.73. The van der Waals surface area contributed by atoms with Crippen molar-refractivity contribution in [1.82, 2.24) is 9.55 Å². The first-order valence-electron chi connectivity index (χ1n) is 4.83. The van der Waals surface area contributed by atoms with E-state index < -0.39 is 5.69 Å². The molecule has 2 aromatic rings. The predicted octanol–water partition coefficient (Wildman–Crippen LogP) is 1.78. The lowest BCUT2D eigenvalue weighted by Gasteiger charge is -2.06. The van der Waals surface area contributed by atoms with E-state index in [1.54, 1.807) is 18.3 Å². The number of anilines is 1. The van der Waals surface area contributed by atoms with Crippen LogP contribution in [-0.2, 0) is 6.54 Å². The Kier molecular flexibility index (Phi) is 3.23. The van der Waals surface area contributed by atoms with Crippen LogP contribution in [0.4, 0.5) is 10.2 Å². The third kappa shape index (κ3) is 2.71. The fourth-order valence-electron chi connectivity index (χ4n) is 1.38. The topological polar surface area (TPSA) is 60.9 Å². The number of nitrogens with two attached hydrogens (primary N) is 1. The van der Waals surface area contributed by atoms with Crippen LogP contribution in [0.1, 0.15) is 5.56 Å². The zero-order chi connectivity index (χ0) is 12.4. The van der Waals surface area contributed by atoms with Gasteiger partial charge in [-0.15, -0.1) is 0 Å². The van der Waals surface area contributed by atoms with Gasteiger partial charge < -0.3 is 5.73 Å². The summed E-state index contributed by atoms with van der Waals surface area (Å²) in [5, 5.41) is 0. The van der Waals surface area contributed by atoms with Gasteiger partial charge in [0.15, 0.2) is 0 Å². The minimum atomic E-state index is -0.435. The number of aromatic nitrogens is 2. The van der Waals surface area contributed by atoms with Gasteiger partial charge in [0.05, 0.1) is 11.0 Å². The maximum atomic E-state index is 12.7. The molecule has 0 spiro atoms. The highest BCUT2D eigenvalue weighted by molar-refractivity contribution is 9.10. The van der Waals surface area contributed by atoms with Crippen LogP contribution >= 0.6 is 15.9 Å². The van der Waals surface area contributed by atoms with E-state index in [9.17, 15) is 9.18 Å². The van der Waals surface area contributed by atoms with E-state index >= 15 is 0 Å². The van der Waals surface area contributed by atoms with Gasteiger partial charge in [0.1, 0.15) is 11.6 Å².